The Morgan fingerprint density at radius 1 is 0.974 bits per heavy atom. The summed E-state index contributed by atoms with van der Waals surface area (Å²) < 4.78 is 0. The van der Waals surface area contributed by atoms with Gasteiger partial charge in [-0.1, -0.05) is 86.1 Å². The molecular weight excluding hydrogens is 514 g/mol. The third-order valence-corrected chi connectivity index (χ3v) is 7.77. The zero-order valence-electron chi connectivity index (χ0n) is 22.5. The zero-order chi connectivity index (χ0) is 27.9. The lowest BCUT2D eigenvalue weighted by atomic mass is 9.85. The molecule has 1 fully saturated rings. The predicted octanol–water partition coefficient (Wildman–Crippen LogP) is 4.39. The van der Waals surface area contributed by atoms with E-state index in [-0.39, 0.29) is 60.9 Å². The lowest BCUT2D eigenvalue weighted by molar-refractivity contribution is -0.144. The highest BCUT2D eigenvalue weighted by molar-refractivity contribution is 6.31. The second kappa shape index (κ2) is 13.1. The maximum Gasteiger partial charge on any atom is 0.243 e. The summed E-state index contributed by atoms with van der Waals surface area (Å²) in [4.78, 5) is 56.1. The third kappa shape index (κ3) is 6.95. The van der Waals surface area contributed by atoms with Crippen LogP contribution in [0.15, 0.2) is 66.7 Å². The topological polar surface area (TPSA) is 86.8 Å². The lowest BCUT2D eigenvalue weighted by Gasteiger charge is -2.32. The van der Waals surface area contributed by atoms with Crippen molar-refractivity contribution in [3.8, 4) is 0 Å². The summed E-state index contributed by atoms with van der Waals surface area (Å²) in [5.74, 6) is -1.44. The first-order valence-electron chi connectivity index (χ1n) is 13.6. The van der Waals surface area contributed by atoms with Crippen LogP contribution in [0.3, 0.4) is 0 Å². The molecule has 4 amide bonds. The second-order valence-corrected chi connectivity index (χ2v) is 11.1. The summed E-state index contributed by atoms with van der Waals surface area (Å²) in [6.45, 7) is 4.62. The second-order valence-electron chi connectivity index (χ2n) is 10.7. The molecule has 4 rings (SSSR count). The van der Waals surface area contributed by atoms with E-state index in [1.807, 2.05) is 74.5 Å². The van der Waals surface area contributed by atoms with Gasteiger partial charge in [-0.3, -0.25) is 24.1 Å². The van der Waals surface area contributed by atoms with Crippen LogP contribution in [0, 0.1) is 17.8 Å². The van der Waals surface area contributed by atoms with Gasteiger partial charge in [0, 0.05) is 37.5 Å². The number of carbonyl (C=O) groups excluding carboxylic acids is 4. The lowest BCUT2D eigenvalue weighted by Crippen LogP contribution is -2.51. The molecule has 2 aliphatic rings. The number of rotatable bonds is 11. The van der Waals surface area contributed by atoms with E-state index < -0.39 is 6.04 Å². The van der Waals surface area contributed by atoms with Crippen LogP contribution in [0.4, 0.5) is 0 Å². The Morgan fingerprint density at radius 2 is 1.59 bits per heavy atom. The SMILES string of the molecule is CC(C)CNC(=O)[C@@H](Cc1ccccc1)N(Cc1ccccc1Cl)C(=O)CCN1C(=O)[C@H]2CC=CC[C@H]2C1=O. The summed E-state index contributed by atoms with van der Waals surface area (Å²) in [7, 11) is 0. The standard InChI is InChI=1S/C31H36ClN3O4/c1-21(2)19-33-29(37)27(18-22-10-4-3-5-11-22)35(20-23-12-6-9-15-26(23)32)28(36)16-17-34-30(38)24-13-7-8-14-25(24)31(34)39/h3-12,15,21,24-25,27H,13-14,16-20H2,1-2H3,(H,33,37)/t24-,25+,27-/m1/s1. The number of carbonyl (C=O) groups is 4. The minimum atomic E-state index is -0.799. The average Bonchev–Trinajstić information content (AvgIpc) is 3.18. The van der Waals surface area contributed by atoms with E-state index in [0.717, 1.165) is 5.56 Å². The van der Waals surface area contributed by atoms with E-state index in [2.05, 4.69) is 5.32 Å². The third-order valence-electron chi connectivity index (χ3n) is 7.40. The molecule has 1 aliphatic heterocycles. The molecule has 1 saturated heterocycles. The van der Waals surface area contributed by atoms with Crippen molar-refractivity contribution in [2.45, 2.75) is 52.1 Å². The molecule has 206 valence electrons. The first-order valence-corrected chi connectivity index (χ1v) is 14.0. The highest BCUT2D eigenvalue weighted by atomic mass is 35.5. The van der Waals surface area contributed by atoms with Crippen LogP contribution in [-0.4, -0.2) is 52.6 Å². The number of nitrogens with one attached hydrogen (secondary N) is 1. The molecule has 0 aromatic heterocycles. The van der Waals surface area contributed by atoms with Crippen molar-refractivity contribution >= 4 is 35.2 Å². The fraction of sp³-hybridized carbons (Fsp3) is 0.419. The highest BCUT2D eigenvalue weighted by Crippen LogP contribution is 2.35. The van der Waals surface area contributed by atoms with Crippen LogP contribution in [-0.2, 0) is 32.1 Å². The molecular formula is C31H36ClN3O4. The van der Waals surface area contributed by atoms with E-state index in [0.29, 0.717) is 36.4 Å². The Balaban J connectivity index is 1.59. The molecule has 1 N–H and O–H groups in total. The number of halogens is 1. The number of allylic oxidation sites excluding steroid dienone is 2. The monoisotopic (exact) mass is 549 g/mol. The van der Waals surface area contributed by atoms with Crippen molar-refractivity contribution < 1.29 is 19.2 Å². The number of amides is 4. The molecule has 0 radical (unpaired) electrons. The molecule has 0 bridgehead atoms. The van der Waals surface area contributed by atoms with Gasteiger partial charge in [-0.15, -0.1) is 0 Å². The molecule has 2 aromatic carbocycles. The molecule has 1 heterocycles. The Bertz CT molecular complexity index is 1200. The highest BCUT2D eigenvalue weighted by Gasteiger charge is 2.47. The summed E-state index contributed by atoms with van der Waals surface area (Å²) >= 11 is 6.47. The molecule has 3 atom stereocenters. The minimum Gasteiger partial charge on any atom is -0.354 e. The van der Waals surface area contributed by atoms with Gasteiger partial charge in [0.05, 0.1) is 11.8 Å². The van der Waals surface area contributed by atoms with Gasteiger partial charge in [-0.05, 0) is 36.0 Å². The van der Waals surface area contributed by atoms with Gasteiger partial charge in [0.1, 0.15) is 6.04 Å². The normalized spacial score (nSPS) is 19.2. The molecule has 39 heavy (non-hydrogen) atoms. The van der Waals surface area contributed by atoms with Crippen molar-refractivity contribution in [1.82, 2.24) is 15.1 Å². The molecule has 1 aliphatic carbocycles. The molecule has 0 saturated carbocycles. The van der Waals surface area contributed by atoms with Crippen LogP contribution in [0.5, 0.6) is 0 Å². The Hall–Kier alpha value is -3.45. The van der Waals surface area contributed by atoms with Crippen molar-refractivity contribution in [1.29, 1.82) is 0 Å². The Labute approximate surface area is 235 Å². The fourth-order valence-electron chi connectivity index (χ4n) is 5.23. The number of hydrogen-bond donors (Lipinski definition) is 1. The van der Waals surface area contributed by atoms with Crippen molar-refractivity contribution in [2.75, 3.05) is 13.1 Å². The van der Waals surface area contributed by atoms with Gasteiger partial charge < -0.3 is 10.2 Å². The van der Waals surface area contributed by atoms with Crippen LogP contribution < -0.4 is 5.32 Å². The first kappa shape index (κ1) is 28.6. The number of fused-ring (bicyclic) bond motifs is 1. The molecule has 8 heteroatoms. The van der Waals surface area contributed by atoms with Gasteiger partial charge in [0.15, 0.2) is 0 Å². The average molecular weight is 550 g/mol. The summed E-state index contributed by atoms with van der Waals surface area (Å²) in [6, 6.07) is 16.0. The maximum absolute atomic E-state index is 13.9. The van der Waals surface area contributed by atoms with E-state index >= 15 is 0 Å². The Kier molecular flexibility index (Phi) is 9.57. The largest absolute Gasteiger partial charge is 0.354 e. The smallest absolute Gasteiger partial charge is 0.243 e. The maximum atomic E-state index is 13.9. The van der Waals surface area contributed by atoms with Crippen molar-refractivity contribution in [2.24, 2.45) is 17.8 Å². The van der Waals surface area contributed by atoms with Crippen LogP contribution >= 0.6 is 11.6 Å². The number of hydrogen-bond acceptors (Lipinski definition) is 4. The molecule has 7 nitrogen and oxygen atoms in total. The quantitative estimate of drug-likeness (QED) is 0.332. The minimum absolute atomic E-state index is 0.00576. The van der Waals surface area contributed by atoms with Crippen LogP contribution in [0.1, 0.15) is 44.2 Å². The summed E-state index contributed by atoms with van der Waals surface area (Å²) in [6.07, 6.45) is 5.23. The van der Waals surface area contributed by atoms with Gasteiger partial charge >= 0.3 is 0 Å². The number of nitrogens with zero attached hydrogens (tertiary/aromatic N) is 2. The van der Waals surface area contributed by atoms with Crippen molar-refractivity contribution in [3.05, 3.63) is 82.9 Å². The van der Waals surface area contributed by atoms with Gasteiger partial charge in [-0.25, -0.2) is 0 Å². The predicted molar refractivity (Wildman–Crippen MR) is 150 cm³/mol. The van der Waals surface area contributed by atoms with E-state index in [1.165, 1.54) is 4.90 Å². The molecule has 0 spiro atoms. The van der Waals surface area contributed by atoms with Crippen LogP contribution in [0.25, 0.3) is 0 Å². The van der Waals surface area contributed by atoms with Gasteiger partial charge in [0.25, 0.3) is 0 Å². The Morgan fingerprint density at radius 3 is 2.21 bits per heavy atom. The van der Waals surface area contributed by atoms with E-state index in [1.54, 1.807) is 11.0 Å². The molecule has 2 aromatic rings. The van der Waals surface area contributed by atoms with Gasteiger partial charge in [0.2, 0.25) is 23.6 Å². The number of likely N-dealkylation sites (tertiary alicyclic amines) is 1. The fourth-order valence-corrected chi connectivity index (χ4v) is 5.42. The van der Waals surface area contributed by atoms with Crippen molar-refractivity contribution in [3.63, 3.8) is 0 Å². The molecule has 0 unspecified atom stereocenters. The van der Waals surface area contributed by atoms with Crippen LogP contribution in [0.2, 0.25) is 5.02 Å². The number of imide groups is 1. The summed E-state index contributed by atoms with van der Waals surface area (Å²) in [5.41, 5.74) is 1.63. The number of benzene rings is 2. The van der Waals surface area contributed by atoms with E-state index in [4.69, 9.17) is 11.6 Å². The zero-order valence-corrected chi connectivity index (χ0v) is 23.3. The van der Waals surface area contributed by atoms with E-state index in [9.17, 15) is 19.2 Å². The first-order chi connectivity index (χ1) is 18.8. The summed E-state index contributed by atoms with van der Waals surface area (Å²) in [5, 5.41) is 3.49. The van der Waals surface area contributed by atoms with Gasteiger partial charge in [-0.2, -0.15) is 0 Å².